The molecule has 0 spiro atoms. The number of anilines is 1. The fourth-order valence-electron chi connectivity index (χ4n) is 2.19. The summed E-state index contributed by atoms with van der Waals surface area (Å²) in [6.45, 7) is 3.92. The number of methoxy groups -OCH3 is 1. The number of carbonyl (C=O) groups is 2. The molecule has 5 heteroatoms. The summed E-state index contributed by atoms with van der Waals surface area (Å²) in [4.78, 5) is 24.3. The molecule has 0 aromatic heterocycles. The van der Waals surface area contributed by atoms with Gasteiger partial charge in [0.1, 0.15) is 5.75 Å². The number of para-hydroxylation sites is 2. The van der Waals surface area contributed by atoms with E-state index >= 15 is 0 Å². The van der Waals surface area contributed by atoms with Gasteiger partial charge in [0.25, 0.3) is 5.91 Å². The minimum Gasteiger partial charge on any atom is -0.496 e. The Bertz CT molecular complexity index is 797. The summed E-state index contributed by atoms with van der Waals surface area (Å²) in [6, 6.07) is 14.2. The zero-order valence-electron chi connectivity index (χ0n) is 14.0. The number of amides is 2. The Hall–Kier alpha value is -3.34. The molecule has 128 valence electrons. The predicted molar refractivity (Wildman–Crippen MR) is 99.6 cm³/mol. The average Bonchev–Trinajstić information content (AvgIpc) is 2.65. The molecule has 0 unspecified atom stereocenters. The van der Waals surface area contributed by atoms with Crippen LogP contribution in [0.1, 0.15) is 15.9 Å². The quantitative estimate of drug-likeness (QED) is 0.602. The Kier molecular flexibility index (Phi) is 6.54. The second-order valence-corrected chi connectivity index (χ2v) is 5.11. The van der Waals surface area contributed by atoms with E-state index in [-0.39, 0.29) is 11.8 Å². The summed E-state index contributed by atoms with van der Waals surface area (Å²) in [7, 11) is 1.57. The zero-order chi connectivity index (χ0) is 18.1. The highest BCUT2D eigenvalue weighted by Crippen LogP contribution is 2.19. The van der Waals surface area contributed by atoms with Crippen molar-refractivity contribution >= 4 is 23.6 Å². The van der Waals surface area contributed by atoms with Crippen LogP contribution in [0.4, 0.5) is 5.69 Å². The molecule has 0 fully saturated rings. The SMILES string of the molecule is C=CCNC(=O)c1ccccc1NC(=O)C=Cc1ccccc1OC. The van der Waals surface area contributed by atoms with E-state index in [0.717, 1.165) is 5.56 Å². The molecule has 2 amide bonds. The van der Waals surface area contributed by atoms with E-state index in [4.69, 9.17) is 4.74 Å². The molecule has 0 aliphatic carbocycles. The molecule has 5 nitrogen and oxygen atoms in total. The third-order valence-corrected chi connectivity index (χ3v) is 3.39. The van der Waals surface area contributed by atoms with Crippen LogP contribution in [-0.2, 0) is 4.79 Å². The lowest BCUT2D eigenvalue weighted by molar-refractivity contribution is -0.111. The van der Waals surface area contributed by atoms with E-state index in [2.05, 4.69) is 17.2 Å². The van der Waals surface area contributed by atoms with Crippen molar-refractivity contribution in [3.05, 3.63) is 78.4 Å². The Morgan fingerprint density at radius 2 is 1.84 bits per heavy atom. The number of hydrogen-bond donors (Lipinski definition) is 2. The van der Waals surface area contributed by atoms with E-state index < -0.39 is 0 Å². The van der Waals surface area contributed by atoms with Crippen molar-refractivity contribution in [2.75, 3.05) is 19.0 Å². The standard InChI is InChI=1S/C20H20N2O3/c1-3-14-21-20(24)16-9-5-6-10-17(16)22-19(23)13-12-15-8-4-7-11-18(15)25-2/h3-13H,1,14H2,2H3,(H,21,24)(H,22,23). The van der Waals surface area contributed by atoms with Gasteiger partial charge in [-0.15, -0.1) is 6.58 Å². The van der Waals surface area contributed by atoms with Crippen LogP contribution in [0.5, 0.6) is 5.75 Å². The summed E-state index contributed by atoms with van der Waals surface area (Å²) in [5.41, 5.74) is 1.62. The third-order valence-electron chi connectivity index (χ3n) is 3.39. The highest BCUT2D eigenvalue weighted by Gasteiger charge is 2.11. The number of nitrogens with one attached hydrogen (secondary N) is 2. The summed E-state index contributed by atoms with van der Waals surface area (Å²) < 4.78 is 5.24. The van der Waals surface area contributed by atoms with Gasteiger partial charge in [-0.05, 0) is 24.3 Å². The first-order valence-corrected chi connectivity index (χ1v) is 7.76. The lowest BCUT2D eigenvalue weighted by atomic mass is 10.1. The monoisotopic (exact) mass is 336 g/mol. The van der Waals surface area contributed by atoms with E-state index in [1.54, 1.807) is 43.5 Å². The zero-order valence-corrected chi connectivity index (χ0v) is 14.0. The van der Waals surface area contributed by atoms with E-state index in [0.29, 0.717) is 23.5 Å². The first-order chi connectivity index (χ1) is 12.2. The molecule has 2 N–H and O–H groups in total. The Morgan fingerprint density at radius 1 is 1.12 bits per heavy atom. The van der Waals surface area contributed by atoms with Crippen LogP contribution in [0.3, 0.4) is 0 Å². The van der Waals surface area contributed by atoms with Crippen LogP contribution < -0.4 is 15.4 Å². The maximum Gasteiger partial charge on any atom is 0.253 e. The molecule has 0 aliphatic rings. The number of carbonyl (C=O) groups excluding carboxylic acids is 2. The molecule has 2 aromatic carbocycles. The molecular formula is C20H20N2O3. The van der Waals surface area contributed by atoms with Crippen molar-refractivity contribution < 1.29 is 14.3 Å². The fraction of sp³-hybridized carbons (Fsp3) is 0.100. The Labute approximate surface area is 147 Å². The number of hydrogen-bond acceptors (Lipinski definition) is 3. The minimum absolute atomic E-state index is 0.274. The average molecular weight is 336 g/mol. The van der Waals surface area contributed by atoms with Crippen LogP contribution in [0.2, 0.25) is 0 Å². The van der Waals surface area contributed by atoms with E-state index in [1.807, 2.05) is 24.3 Å². The number of ether oxygens (including phenoxy) is 1. The van der Waals surface area contributed by atoms with Crippen molar-refractivity contribution in [3.8, 4) is 5.75 Å². The van der Waals surface area contributed by atoms with Gasteiger partial charge >= 0.3 is 0 Å². The Morgan fingerprint density at radius 3 is 2.60 bits per heavy atom. The molecule has 0 saturated carbocycles. The molecule has 0 aliphatic heterocycles. The van der Waals surface area contributed by atoms with Crippen LogP contribution in [-0.4, -0.2) is 25.5 Å². The van der Waals surface area contributed by atoms with Gasteiger partial charge in [-0.1, -0.05) is 36.4 Å². The third kappa shape index (κ3) is 5.07. The van der Waals surface area contributed by atoms with Crippen molar-refractivity contribution in [1.29, 1.82) is 0 Å². The van der Waals surface area contributed by atoms with Gasteiger partial charge in [-0.2, -0.15) is 0 Å². The van der Waals surface area contributed by atoms with Gasteiger partial charge in [-0.25, -0.2) is 0 Å². The normalized spacial score (nSPS) is 10.3. The number of rotatable bonds is 7. The van der Waals surface area contributed by atoms with Gasteiger partial charge in [0.15, 0.2) is 0 Å². The predicted octanol–water partition coefficient (Wildman–Crippen LogP) is 3.26. The first kappa shape index (κ1) is 18.0. The van der Waals surface area contributed by atoms with Crippen LogP contribution in [0.15, 0.2) is 67.3 Å². The molecule has 0 bridgehead atoms. The highest BCUT2D eigenvalue weighted by molar-refractivity contribution is 6.07. The molecular weight excluding hydrogens is 316 g/mol. The summed E-state index contributed by atoms with van der Waals surface area (Å²) in [5, 5.41) is 5.41. The van der Waals surface area contributed by atoms with Gasteiger partial charge in [-0.3, -0.25) is 9.59 Å². The van der Waals surface area contributed by atoms with Gasteiger partial charge < -0.3 is 15.4 Å². The topological polar surface area (TPSA) is 67.4 Å². The van der Waals surface area contributed by atoms with E-state index in [1.165, 1.54) is 6.08 Å². The van der Waals surface area contributed by atoms with Gasteiger partial charge in [0, 0.05) is 18.2 Å². The van der Waals surface area contributed by atoms with Crippen LogP contribution >= 0.6 is 0 Å². The first-order valence-electron chi connectivity index (χ1n) is 7.76. The summed E-state index contributed by atoms with van der Waals surface area (Å²) in [5.74, 6) is 0.0649. The molecule has 2 rings (SSSR count). The van der Waals surface area contributed by atoms with Crippen molar-refractivity contribution in [2.24, 2.45) is 0 Å². The molecule has 0 radical (unpaired) electrons. The van der Waals surface area contributed by atoms with Crippen LogP contribution in [0.25, 0.3) is 6.08 Å². The molecule has 0 saturated heterocycles. The fourth-order valence-corrected chi connectivity index (χ4v) is 2.19. The largest absolute Gasteiger partial charge is 0.496 e. The maximum absolute atomic E-state index is 12.2. The van der Waals surface area contributed by atoms with Crippen molar-refractivity contribution in [1.82, 2.24) is 5.32 Å². The van der Waals surface area contributed by atoms with Crippen LogP contribution in [0, 0.1) is 0 Å². The van der Waals surface area contributed by atoms with Crippen molar-refractivity contribution in [3.63, 3.8) is 0 Å². The maximum atomic E-state index is 12.2. The second-order valence-electron chi connectivity index (χ2n) is 5.11. The second kappa shape index (κ2) is 9.08. The highest BCUT2D eigenvalue weighted by atomic mass is 16.5. The lowest BCUT2D eigenvalue weighted by Gasteiger charge is -2.09. The summed E-state index contributed by atoms with van der Waals surface area (Å²) >= 11 is 0. The summed E-state index contributed by atoms with van der Waals surface area (Å²) in [6.07, 6.45) is 4.65. The number of benzene rings is 2. The van der Waals surface area contributed by atoms with E-state index in [9.17, 15) is 9.59 Å². The Balaban J connectivity index is 2.12. The molecule has 25 heavy (non-hydrogen) atoms. The molecule has 2 aromatic rings. The smallest absolute Gasteiger partial charge is 0.253 e. The molecule has 0 heterocycles. The minimum atomic E-state index is -0.338. The van der Waals surface area contributed by atoms with Gasteiger partial charge in [0.2, 0.25) is 5.91 Å². The molecule has 0 atom stereocenters. The lowest BCUT2D eigenvalue weighted by Crippen LogP contribution is -2.24. The van der Waals surface area contributed by atoms with Crippen molar-refractivity contribution in [2.45, 2.75) is 0 Å². The van der Waals surface area contributed by atoms with Gasteiger partial charge in [0.05, 0.1) is 18.4 Å².